The monoisotopic (exact) mass is 310 g/mol. The topological polar surface area (TPSA) is 26.3 Å². The minimum absolute atomic E-state index is 0.242. The maximum Gasteiger partial charge on any atom is 0.163 e. The Hall–Kier alpha value is -0.670. The third-order valence-electron chi connectivity index (χ3n) is 3.52. The smallest absolute Gasteiger partial charge is 0.163 e. The van der Waals surface area contributed by atoms with Crippen molar-refractivity contribution in [1.82, 2.24) is 0 Å². The number of ether oxygens (including phenoxy) is 1. The van der Waals surface area contributed by atoms with Crippen molar-refractivity contribution in [3.8, 4) is 0 Å². The van der Waals surface area contributed by atoms with Crippen LogP contribution in [0.5, 0.6) is 0 Å². The highest BCUT2D eigenvalue weighted by Crippen LogP contribution is 2.22. The van der Waals surface area contributed by atoms with Crippen molar-refractivity contribution in [3.05, 3.63) is 33.8 Å². The fourth-order valence-electron chi connectivity index (χ4n) is 2.41. The van der Waals surface area contributed by atoms with E-state index in [9.17, 15) is 4.79 Å². The number of carbonyl (C=O) groups excluding carboxylic acids is 1. The summed E-state index contributed by atoms with van der Waals surface area (Å²) in [6, 6.07) is 5.80. The average molecular weight is 311 g/mol. The third-order valence-corrected chi connectivity index (χ3v) is 4.38. The second-order valence-corrected chi connectivity index (χ2v) is 5.72. The van der Waals surface area contributed by atoms with Crippen molar-refractivity contribution in [1.29, 1.82) is 0 Å². The van der Waals surface area contributed by atoms with Crippen LogP contribution < -0.4 is 0 Å². The molecular weight excluding hydrogens is 292 g/mol. The van der Waals surface area contributed by atoms with Gasteiger partial charge in [0.2, 0.25) is 0 Å². The molecule has 0 saturated carbocycles. The summed E-state index contributed by atoms with van der Waals surface area (Å²) < 4.78 is 6.57. The number of Topliss-reactive ketones (excluding diaryl/α,β-unsaturated/α-hetero) is 1. The molecule has 1 unspecified atom stereocenters. The maximum absolute atomic E-state index is 12.1. The predicted octanol–water partition coefficient (Wildman–Crippen LogP) is 4.29. The van der Waals surface area contributed by atoms with Gasteiger partial charge in [0.1, 0.15) is 0 Å². The summed E-state index contributed by atoms with van der Waals surface area (Å²) in [4.78, 5) is 12.1. The predicted molar refractivity (Wildman–Crippen MR) is 76.0 cm³/mol. The summed E-state index contributed by atoms with van der Waals surface area (Å²) in [5, 5.41) is 0. The fourth-order valence-corrected chi connectivity index (χ4v) is 2.77. The van der Waals surface area contributed by atoms with Crippen LogP contribution in [-0.4, -0.2) is 18.5 Å². The van der Waals surface area contributed by atoms with Crippen LogP contribution in [0.25, 0.3) is 0 Å². The van der Waals surface area contributed by atoms with E-state index in [1.54, 1.807) is 0 Å². The van der Waals surface area contributed by atoms with E-state index in [0.29, 0.717) is 12.5 Å². The first-order valence-electron chi connectivity index (χ1n) is 6.58. The molecule has 0 radical (unpaired) electrons. The zero-order chi connectivity index (χ0) is 13.0. The summed E-state index contributed by atoms with van der Waals surface area (Å²) in [7, 11) is 0. The van der Waals surface area contributed by atoms with Gasteiger partial charge >= 0.3 is 0 Å². The number of hydrogen-bond donors (Lipinski definition) is 0. The lowest BCUT2D eigenvalue weighted by molar-refractivity contribution is 0.0922. The molecule has 0 N–H and O–H groups in total. The zero-order valence-corrected chi connectivity index (χ0v) is 12.3. The molecule has 98 valence electrons. The zero-order valence-electron chi connectivity index (χ0n) is 10.7. The molecule has 3 heteroatoms. The van der Waals surface area contributed by atoms with Crippen LogP contribution in [0, 0.1) is 6.92 Å². The Kier molecular flexibility index (Phi) is 4.95. The van der Waals surface area contributed by atoms with Crippen LogP contribution in [0.15, 0.2) is 22.7 Å². The summed E-state index contributed by atoms with van der Waals surface area (Å²) in [6.07, 6.45) is 5.28. The number of benzene rings is 1. The van der Waals surface area contributed by atoms with Gasteiger partial charge in [-0.25, -0.2) is 0 Å². The van der Waals surface area contributed by atoms with Crippen molar-refractivity contribution >= 4 is 21.7 Å². The molecule has 1 saturated heterocycles. The van der Waals surface area contributed by atoms with E-state index >= 15 is 0 Å². The van der Waals surface area contributed by atoms with Gasteiger partial charge in [-0.2, -0.15) is 0 Å². The van der Waals surface area contributed by atoms with Crippen LogP contribution in [0.2, 0.25) is 0 Å². The molecule has 0 aromatic heterocycles. The van der Waals surface area contributed by atoms with Crippen molar-refractivity contribution in [3.63, 3.8) is 0 Å². The normalized spacial score (nSPS) is 19.1. The van der Waals surface area contributed by atoms with Gasteiger partial charge in [-0.05, 0) is 44.2 Å². The second kappa shape index (κ2) is 6.48. The standard InChI is InChI=1S/C15H19BrO2/c1-11-13(7-3-8-14(11)16)15(17)9-2-5-12-6-4-10-18-12/h3,7-8,12H,2,4-6,9-10H2,1H3. The lowest BCUT2D eigenvalue weighted by Gasteiger charge is -2.09. The molecular formula is C15H19BrO2. The van der Waals surface area contributed by atoms with E-state index in [1.807, 2.05) is 25.1 Å². The highest BCUT2D eigenvalue weighted by Gasteiger charge is 2.16. The highest BCUT2D eigenvalue weighted by molar-refractivity contribution is 9.10. The van der Waals surface area contributed by atoms with Crippen molar-refractivity contribution in [2.75, 3.05) is 6.61 Å². The lowest BCUT2D eigenvalue weighted by atomic mass is 9.99. The summed E-state index contributed by atoms with van der Waals surface area (Å²) in [5.41, 5.74) is 1.89. The number of ketones is 1. The SMILES string of the molecule is Cc1c(Br)cccc1C(=O)CCCC1CCCO1. The molecule has 18 heavy (non-hydrogen) atoms. The van der Waals surface area contributed by atoms with Gasteiger partial charge in [-0.3, -0.25) is 4.79 Å². The molecule has 1 heterocycles. The van der Waals surface area contributed by atoms with Gasteiger partial charge in [0.15, 0.2) is 5.78 Å². The van der Waals surface area contributed by atoms with Gasteiger partial charge in [-0.1, -0.05) is 28.1 Å². The van der Waals surface area contributed by atoms with E-state index < -0.39 is 0 Å². The molecule has 1 aliphatic rings. The van der Waals surface area contributed by atoms with Gasteiger partial charge < -0.3 is 4.74 Å². The molecule has 1 atom stereocenters. The Morgan fingerprint density at radius 3 is 3.06 bits per heavy atom. The molecule has 2 rings (SSSR count). The van der Waals surface area contributed by atoms with Crippen molar-refractivity contribution < 1.29 is 9.53 Å². The van der Waals surface area contributed by atoms with E-state index in [0.717, 1.165) is 41.5 Å². The van der Waals surface area contributed by atoms with Crippen molar-refractivity contribution in [2.45, 2.75) is 45.1 Å². The van der Waals surface area contributed by atoms with Crippen LogP contribution in [-0.2, 0) is 4.74 Å². The van der Waals surface area contributed by atoms with Gasteiger partial charge in [0.05, 0.1) is 6.10 Å². The molecule has 0 spiro atoms. The Labute approximate surface area is 117 Å². The molecule has 1 aromatic rings. The van der Waals surface area contributed by atoms with E-state index in [4.69, 9.17) is 4.74 Å². The fraction of sp³-hybridized carbons (Fsp3) is 0.533. The molecule has 0 bridgehead atoms. The minimum atomic E-state index is 0.242. The lowest BCUT2D eigenvalue weighted by Crippen LogP contribution is -2.07. The van der Waals surface area contributed by atoms with E-state index in [2.05, 4.69) is 15.9 Å². The first-order valence-corrected chi connectivity index (χ1v) is 7.37. The van der Waals surface area contributed by atoms with Crippen LogP contribution in [0.4, 0.5) is 0 Å². The van der Waals surface area contributed by atoms with Crippen LogP contribution in [0.1, 0.15) is 48.0 Å². The molecule has 1 aliphatic heterocycles. The Morgan fingerprint density at radius 2 is 2.33 bits per heavy atom. The highest BCUT2D eigenvalue weighted by atomic mass is 79.9. The maximum atomic E-state index is 12.1. The average Bonchev–Trinajstić information content (AvgIpc) is 2.85. The van der Waals surface area contributed by atoms with Gasteiger partial charge in [0, 0.05) is 23.1 Å². The summed E-state index contributed by atoms with van der Waals surface area (Å²) in [5.74, 6) is 0.242. The minimum Gasteiger partial charge on any atom is -0.378 e. The first kappa shape index (κ1) is 13.8. The van der Waals surface area contributed by atoms with Gasteiger partial charge in [0.25, 0.3) is 0 Å². The van der Waals surface area contributed by atoms with E-state index in [-0.39, 0.29) is 5.78 Å². The molecule has 1 fully saturated rings. The van der Waals surface area contributed by atoms with Gasteiger partial charge in [-0.15, -0.1) is 0 Å². The largest absolute Gasteiger partial charge is 0.378 e. The van der Waals surface area contributed by atoms with Crippen molar-refractivity contribution in [2.24, 2.45) is 0 Å². The van der Waals surface area contributed by atoms with Crippen LogP contribution in [0.3, 0.4) is 0 Å². The molecule has 2 nitrogen and oxygen atoms in total. The number of carbonyl (C=O) groups is 1. The number of rotatable bonds is 5. The summed E-state index contributed by atoms with van der Waals surface area (Å²) >= 11 is 3.46. The quantitative estimate of drug-likeness (QED) is 0.758. The third kappa shape index (κ3) is 3.42. The number of halogens is 1. The number of hydrogen-bond acceptors (Lipinski definition) is 2. The second-order valence-electron chi connectivity index (χ2n) is 4.86. The van der Waals surface area contributed by atoms with Crippen LogP contribution >= 0.6 is 15.9 Å². The Balaban J connectivity index is 1.85. The molecule has 0 amide bonds. The summed E-state index contributed by atoms with van der Waals surface area (Å²) in [6.45, 7) is 2.88. The van der Waals surface area contributed by atoms with E-state index in [1.165, 1.54) is 6.42 Å². The Morgan fingerprint density at radius 1 is 1.50 bits per heavy atom. The Bertz CT molecular complexity index is 423. The first-order chi connectivity index (χ1) is 8.68. The molecule has 0 aliphatic carbocycles. The molecule has 1 aromatic carbocycles.